The number of aliphatic carboxylic acids is 1. The van der Waals surface area contributed by atoms with Crippen molar-refractivity contribution in [2.45, 2.75) is 10.9 Å². The Hall–Kier alpha value is -2.52. The van der Waals surface area contributed by atoms with Crippen molar-refractivity contribution in [3.8, 4) is 0 Å². The van der Waals surface area contributed by atoms with Crippen molar-refractivity contribution < 1.29 is 24.2 Å². The minimum absolute atomic E-state index is 0.196. The van der Waals surface area contributed by atoms with E-state index in [1.54, 1.807) is 30.3 Å². The number of primary amides is 1. The Balaban J connectivity index is 2.04. The zero-order chi connectivity index (χ0) is 18.4. The summed E-state index contributed by atoms with van der Waals surface area (Å²) in [5, 5.41) is 8.83. The van der Waals surface area contributed by atoms with Crippen LogP contribution < -0.4 is 11.5 Å². The topological polar surface area (TPSA) is 136 Å². The van der Waals surface area contributed by atoms with Gasteiger partial charge in [-0.15, -0.1) is 11.8 Å². The van der Waals surface area contributed by atoms with Gasteiger partial charge in [0, 0.05) is 0 Å². The Morgan fingerprint density at radius 2 is 2.00 bits per heavy atom. The first-order valence-corrected chi connectivity index (χ1v) is 8.48. The van der Waals surface area contributed by atoms with Crippen LogP contribution >= 0.6 is 11.8 Å². The van der Waals surface area contributed by atoms with Gasteiger partial charge in [0.2, 0.25) is 11.8 Å². The Morgan fingerprint density at radius 1 is 1.36 bits per heavy atom. The summed E-state index contributed by atoms with van der Waals surface area (Å²) < 4.78 is 5.08. The van der Waals surface area contributed by atoms with Crippen molar-refractivity contribution in [3.05, 3.63) is 47.4 Å². The van der Waals surface area contributed by atoms with Crippen LogP contribution in [-0.2, 0) is 24.7 Å². The van der Waals surface area contributed by atoms with Crippen LogP contribution in [0.25, 0.3) is 0 Å². The first-order valence-electron chi connectivity index (χ1n) is 7.43. The van der Waals surface area contributed by atoms with E-state index >= 15 is 0 Å². The van der Waals surface area contributed by atoms with Crippen LogP contribution in [0.2, 0.25) is 0 Å². The minimum atomic E-state index is -1.72. The molecule has 1 aromatic carbocycles. The summed E-state index contributed by atoms with van der Waals surface area (Å²) in [4.78, 5) is 37.6. The van der Waals surface area contributed by atoms with E-state index in [-0.39, 0.29) is 17.2 Å². The van der Waals surface area contributed by atoms with Gasteiger partial charge in [0.15, 0.2) is 5.70 Å². The number of benzene rings is 1. The molecule has 2 aliphatic rings. The zero-order valence-corrected chi connectivity index (χ0v) is 14.2. The smallest absolute Gasteiger partial charge is 0.356 e. The van der Waals surface area contributed by atoms with E-state index in [1.807, 2.05) is 0 Å². The van der Waals surface area contributed by atoms with E-state index in [0.29, 0.717) is 5.56 Å². The lowest BCUT2D eigenvalue weighted by Gasteiger charge is -2.53. The lowest BCUT2D eigenvalue weighted by atomic mass is 9.72. The highest BCUT2D eigenvalue weighted by molar-refractivity contribution is 8.00. The lowest BCUT2D eigenvalue weighted by molar-refractivity contribution is -0.159. The van der Waals surface area contributed by atoms with Gasteiger partial charge in [0.25, 0.3) is 0 Å². The minimum Gasteiger partial charge on any atom is -0.498 e. The van der Waals surface area contributed by atoms with Gasteiger partial charge in [0.05, 0.1) is 24.2 Å². The molecule has 0 saturated carbocycles. The van der Waals surface area contributed by atoms with Gasteiger partial charge < -0.3 is 21.3 Å². The second kappa shape index (κ2) is 6.08. The molecule has 0 spiro atoms. The van der Waals surface area contributed by atoms with E-state index < -0.39 is 34.6 Å². The molecule has 1 saturated heterocycles. The van der Waals surface area contributed by atoms with Crippen LogP contribution in [0.5, 0.6) is 0 Å². The summed E-state index contributed by atoms with van der Waals surface area (Å²) in [7, 11) is 1.35. The van der Waals surface area contributed by atoms with E-state index in [2.05, 4.69) is 0 Å². The fourth-order valence-corrected chi connectivity index (χ4v) is 4.68. The predicted molar refractivity (Wildman–Crippen MR) is 89.8 cm³/mol. The molecule has 0 bridgehead atoms. The van der Waals surface area contributed by atoms with Crippen molar-refractivity contribution in [2.24, 2.45) is 17.4 Å². The molecule has 2 amide bonds. The molecular formula is C16H17N3O5S. The van der Waals surface area contributed by atoms with E-state index in [9.17, 15) is 19.5 Å². The molecule has 2 aliphatic heterocycles. The third-order valence-electron chi connectivity index (χ3n) is 4.53. The maximum Gasteiger partial charge on any atom is 0.356 e. The fraction of sp³-hybridized carbons (Fsp3) is 0.312. The van der Waals surface area contributed by atoms with Crippen molar-refractivity contribution in [1.29, 1.82) is 0 Å². The summed E-state index contributed by atoms with van der Waals surface area (Å²) in [5.41, 5.74) is 10.4. The summed E-state index contributed by atoms with van der Waals surface area (Å²) in [5.74, 6) is -3.17. The number of carboxylic acids is 1. The molecule has 3 unspecified atom stereocenters. The zero-order valence-electron chi connectivity index (χ0n) is 13.3. The summed E-state index contributed by atoms with van der Waals surface area (Å²) in [6, 6.07) is 8.40. The van der Waals surface area contributed by atoms with Crippen LogP contribution in [0.15, 0.2) is 41.8 Å². The normalized spacial score (nSPS) is 24.9. The average molecular weight is 363 g/mol. The molecule has 3 rings (SSSR count). The van der Waals surface area contributed by atoms with Crippen LogP contribution in [0, 0.1) is 5.92 Å². The van der Waals surface area contributed by atoms with Gasteiger partial charge in [-0.05, 0) is 5.56 Å². The van der Waals surface area contributed by atoms with Gasteiger partial charge in [-0.3, -0.25) is 14.5 Å². The average Bonchev–Trinajstić information content (AvgIpc) is 2.60. The Kier molecular flexibility index (Phi) is 4.21. The molecule has 1 aromatic rings. The number of fused-ring (bicyclic) bond motifs is 1. The highest BCUT2D eigenvalue weighted by Crippen LogP contribution is 2.49. The van der Waals surface area contributed by atoms with Crippen LogP contribution in [-0.4, -0.2) is 46.0 Å². The Morgan fingerprint density at radius 3 is 2.52 bits per heavy atom. The molecule has 0 aromatic heterocycles. The van der Waals surface area contributed by atoms with Gasteiger partial charge >= 0.3 is 5.97 Å². The molecule has 0 radical (unpaired) electrons. The van der Waals surface area contributed by atoms with Crippen LogP contribution in [0.1, 0.15) is 5.56 Å². The van der Waals surface area contributed by atoms with E-state index in [1.165, 1.54) is 18.9 Å². The van der Waals surface area contributed by atoms with Crippen molar-refractivity contribution in [2.75, 3.05) is 12.9 Å². The quantitative estimate of drug-likeness (QED) is 0.616. The summed E-state index contributed by atoms with van der Waals surface area (Å²) in [6.45, 7) is 0. The largest absolute Gasteiger partial charge is 0.498 e. The van der Waals surface area contributed by atoms with Gasteiger partial charge in [-0.25, -0.2) is 4.79 Å². The van der Waals surface area contributed by atoms with Gasteiger partial charge in [-0.2, -0.15) is 0 Å². The number of rotatable bonds is 5. The number of carbonyl (C=O) groups excluding carboxylic acids is 2. The maximum atomic E-state index is 12.8. The highest BCUT2D eigenvalue weighted by Gasteiger charge is 2.63. The first-order chi connectivity index (χ1) is 11.8. The fourth-order valence-electron chi connectivity index (χ4n) is 3.22. The number of amides is 2. The molecule has 25 heavy (non-hydrogen) atoms. The second-order valence-corrected chi connectivity index (χ2v) is 6.87. The number of hydrogen-bond donors (Lipinski definition) is 3. The van der Waals surface area contributed by atoms with Gasteiger partial charge in [0.1, 0.15) is 11.3 Å². The SMILES string of the molecule is COC1=C(C(=O)O)N2C(=O)C(C(N)(C(N)=O)c3ccccc3)C2SC1. The standard InChI is InChI=1S/C16H17N3O5S/c1-24-9-7-25-13-10(12(20)19(13)11(9)14(21)22)16(18,15(17)23)8-5-3-2-4-6-8/h2-6,10,13H,7,18H2,1H3,(H2,17,23)(H,21,22). The summed E-state index contributed by atoms with van der Waals surface area (Å²) in [6.07, 6.45) is 0. The summed E-state index contributed by atoms with van der Waals surface area (Å²) >= 11 is 1.29. The molecule has 9 heteroatoms. The molecule has 2 heterocycles. The number of carboxylic acid groups (broad SMARTS) is 1. The monoisotopic (exact) mass is 363 g/mol. The van der Waals surface area contributed by atoms with Crippen LogP contribution in [0.3, 0.4) is 0 Å². The molecule has 5 N–H and O–H groups in total. The van der Waals surface area contributed by atoms with E-state index in [0.717, 1.165) is 4.90 Å². The number of thioether (sulfide) groups is 1. The Bertz CT molecular complexity index is 781. The second-order valence-electron chi connectivity index (χ2n) is 5.77. The number of nitrogens with zero attached hydrogens (tertiary/aromatic N) is 1. The third kappa shape index (κ3) is 2.38. The third-order valence-corrected chi connectivity index (χ3v) is 5.79. The molecule has 1 fully saturated rings. The molecule has 0 aliphatic carbocycles. The lowest BCUT2D eigenvalue weighted by Crippen LogP contribution is -2.72. The van der Waals surface area contributed by atoms with Crippen molar-refractivity contribution in [1.82, 2.24) is 4.90 Å². The molecular weight excluding hydrogens is 346 g/mol. The van der Waals surface area contributed by atoms with Crippen molar-refractivity contribution in [3.63, 3.8) is 0 Å². The predicted octanol–water partition coefficient (Wildman–Crippen LogP) is -0.200. The maximum absolute atomic E-state index is 12.8. The van der Waals surface area contributed by atoms with Crippen LogP contribution in [0.4, 0.5) is 0 Å². The molecule has 3 atom stereocenters. The number of methoxy groups -OCH3 is 1. The first kappa shape index (κ1) is 17.3. The van der Waals surface area contributed by atoms with E-state index in [4.69, 9.17) is 16.2 Å². The molecule has 8 nitrogen and oxygen atoms in total. The van der Waals surface area contributed by atoms with Gasteiger partial charge in [-0.1, -0.05) is 30.3 Å². The number of carbonyl (C=O) groups is 3. The van der Waals surface area contributed by atoms with Crippen molar-refractivity contribution >= 4 is 29.5 Å². The Labute approximate surface area is 147 Å². The molecule has 132 valence electrons. The highest BCUT2D eigenvalue weighted by atomic mass is 32.2. The number of ether oxygens (including phenoxy) is 1. The number of nitrogens with two attached hydrogens (primary N) is 2. The number of β-lactam (4-membered cyclic amide) rings is 1. The number of hydrogen-bond acceptors (Lipinski definition) is 6.